The largest absolute Gasteiger partial charge is 0.355 e. The average Bonchev–Trinajstić information content (AvgIpc) is 2.61. The predicted molar refractivity (Wildman–Crippen MR) is 61.9 cm³/mol. The van der Waals surface area contributed by atoms with Gasteiger partial charge in [-0.2, -0.15) is 0 Å². The van der Waals surface area contributed by atoms with Crippen LogP contribution in [0.1, 0.15) is 33.1 Å². The molecule has 1 aliphatic rings. The summed E-state index contributed by atoms with van der Waals surface area (Å²) >= 11 is 0. The highest BCUT2D eigenvalue weighted by atomic mass is 16.7. The fourth-order valence-corrected chi connectivity index (χ4v) is 2.38. The van der Waals surface area contributed by atoms with E-state index in [2.05, 4.69) is 18.7 Å². The van der Waals surface area contributed by atoms with Gasteiger partial charge in [-0.3, -0.25) is 4.90 Å². The summed E-state index contributed by atoms with van der Waals surface area (Å²) < 4.78 is 10.5. The molecule has 1 aliphatic heterocycles. The van der Waals surface area contributed by atoms with Crippen molar-refractivity contribution >= 4 is 0 Å². The molecule has 3 nitrogen and oxygen atoms in total. The van der Waals surface area contributed by atoms with Crippen molar-refractivity contribution in [1.82, 2.24) is 4.90 Å². The molecule has 0 N–H and O–H groups in total. The number of rotatable bonds is 6. The van der Waals surface area contributed by atoms with Crippen LogP contribution in [0.4, 0.5) is 0 Å². The molecule has 0 unspecified atom stereocenters. The number of nitrogens with zero attached hydrogens (tertiary/aromatic N) is 1. The lowest BCUT2D eigenvalue weighted by Gasteiger charge is -2.28. The molecule has 3 heteroatoms. The van der Waals surface area contributed by atoms with E-state index in [1.54, 1.807) is 14.2 Å². The summed E-state index contributed by atoms with van der Waals surface area (Å²) in [7, 11) is 3.42. The second kappa shape index (κ2) is 6.46. The Bertz CT molecular complexity index is 169. The first kappa shape index (κ1) is 12.9. The zero-order valence-corrected chi connectivity index (χ0v) is 10.5. The number of hydrogen-bond acceptors (Lipinski definition) is 3. The van der Waals surface area contributed by atoms with Crippen molar-refractivity contribution in [3.63, 3.8) is 0 Å². The Labute approximate surface area is 93.7 Å². The third-order valence-electron chi connectivity index (χ3n) is 3.15. The third kappa shape index (κ3) is 4.09. The van der Waals surface area contributed by atoms with Crippen molar-refractivity contribution in [2.24, 2.45) is 5.92 Å². The third-order valence-corrected chi connectivity index (χ3v) is 3.15. The van der Waals surface area contributed by atoms with Crippen LogP contribution < -0.4 is 0 Å². The maximum atomic E-state index is 5.25. The molecule has 1 rings (SSSR count). The maximum Gasteiger partial charge on any atom is 0.169 e. The summed E-state index contributed by atoms with van der Waals surface area (Å²) in [6.45, 7) is 6.69. The van der Waals surface area contributed by atoms with Gasteiger partial charge in [0, 0.05) is 26.8 Å². The Morgan fingerprint density at radius 2 is 1.93 bits per heavy atom. The smallest absolute Gasteiger partial charge is 0.169 e. The van der Waals surface area contributed by atoms with Gasteiger partial charge in [0.25, 0.3) is 0 Å². The molecule has 1 saturated heterocycles. The van der Waals surface area contributed by atoms with Crippen LogP contribution in [0.25, 0.3) is 0 Å². The Hall–Kier alpha value is -0.120. The van der Waals surface area contributed by atoms with Crippen LogP contribution in [0.5, 0.6) is 0 Å². The molecule has 0 saturated carbocycles. The minimum absolute atomic E-state index is 0.0715. The molecule has 0 spiro atoms. The number of likely N-dealkylation sites (tertiary alicyclic amines) is 1. The molecule has 0 amide bonds. The van der Waals surface area contributed by atoms with E-state index in [1.807, 2.05) is 0 Å². The number of ether oxygens (including phenoxy) is 2. The van der Waals surface area contributed by atoms with Gasteiger partial charge in [0.2, 0.25) is 0 Å². The molecule has 1 fully saturated rings. The fourth-order valence-electron chi connectivity index (χ4n) is 2.38. The van der Waals surface area contributed by atoms with Gasteiger partial charge in [-0.15, -0.1) is 0 Å². The molecule has 90 valence electrons. The summed E-state index contributed by atoms with van der Waals surface area (Å²) in [4.78, 5) is 2.51. The van der Waals surface area contributed by atoms with Crippen LogP contribution in [0.3, 0.4) is 0 Å². The lowest BCUT2D eigenvalue weighted by molar-refractivity contribution is -0.118. The van der Waals surface area contributed by atoms with Gasteiger partial charge in [0.1, 0.15) is 0 Å². The van der Waals surface area contributed by atoms with Crippen molar-refractivity contribution in [2.45, 2.75) is 45.4 Å². The first-order valence-corrected chi connectivity index (χ1v) is 5.97. The van der Waals surface area contributed by atoms with Crippen molar-refractivity contribution < 1.29 is 9.47 Å². The molecule has 0 aromatic carbocycles. The SMILES string of the molecule is COC(CN1CCC[C@H]1CC(C)C)OC. The molecule has 0 aromatic heterocycles. The van der Waals surface area contributed by atoms with Gasteiger partial charge in [0.15, 0.2) is 6.29 Å². The number of methoxy groups -OCH3 is 2. The first-order valence-electron chi connectivity index (χ1n) is 5.97. The molecule has 1 heterocycles. The molecular formula is C12H25NO2. The molecule has 0 radical (unpaired) electrons. The summed E-state index contributed by atoms with van der Waals surface area (Å²) in [6, 6.07) is 0.734. The zero-order valence-electron chi connectivity index (χ0n) is 10.5. The van der Waals surface area contributed by atoms with E-state index in [-0.39, 0.29) is 6.29 Å². The van der Waals surface area contributed by atoms with E-state index in [4.69, 9.17) is 9.47 Å². The molecule has 0 bridgehead atoms. The van der Waals surface area contributed by atoms with Gasteiger partial charge >= 0.3 is 0 Å². The standard InChI is InChI=1S/C12H25NO2/c1-10(2)8-11-6-5-7-13(11)9-12(14-3)15-4/h10-12H,5-9H2,1-4H3/t11-/m0/s1. The van der Waals surface area contributed by atoms with E-state index in [9.17, 15) is 0 Å². The van der Waals surface area contributed by atoms with Crippen LogP contribution in [0, 0.1) is 5.92 Å². The van der Waals surface area contributed by atoms with Gasteiger partial charge in [-0.25, -0.2) is 0 Å². The lowest BCUT2D eigenvalue weighted by Crippen LogP contribution is -2.38. The first-order chi connectivity index (χ1) is 7.17. The fraction of sp³-hybridized carbons (Fsp3) is 1.00. The van der Waals surface area contributed by atoms with E-state index in [1.165, 1.54) is 25.8 Å². The van der Waals surface area contributed by atoms with E-state index >= 15 is 0 Å². The molecular weight excluding hydrogens is 190 g/mol. The lowest BCUT2D eigenvalue weighted by atomic mass is 10.0. The van der Waals surface area contributed by atoms with Crippen molar-refractivity contribution in [3.05, 3.63) is 0 Å². The van der Waals surface area contributed by atoms with E-state index < -0.39 is 0 Å². The van der Waals surface area contributed by atoms with Crippen molar-refractivity contribution in [1.29, 1.82) is 0 Å². The highest BCUT2D eigenvalue weighted by Crippen LogP contribution is 2.23. The van der Waals surface area contributed by atoms with E-state index in [0.717, 1.165) is 18.5 Å². The molecule has 15 heavy (non-hydrogen) atoms. The van der Waals surface area contributed by atoms with Gasteiger partial charge in [0.05, 0.1) is 0 Å². The summed E-state index contributed by atoms with van der Waals surface area (Å²) in [6.07, 6.45) is 3.87. The normalized spacial score (nSPS) is 23.2. The average molecular weight is 215 g/mol. The zero-order chi connectivity index (χ0) is 11.3. The molecule has 0 aliphatic carbocycles. The second-order valence-electron chi connectivity index (χ2n) is 4.82. The highest BCUT2D eigenvalue weighted by molar-refractivity contribution is 4.80. The van der Waals surface area contributed by atoms with Gasteiger partial charge in [-0.05, 0) is 31.7 Å². The Morgan fingerprint density at radius 3 is 2.47 bits per heavy atom. The Kier molecular flexibility index (Phi) is 5.58. The Balaban J connectivity index is 2.38. The monoisotopic (exact) mass is 215 g/mol. The Morgan fingerprint density at radius 1 is 1.27 bits per heavy atom. The topological polar surface area (TPSA) is 21.7 Å². The van der Waals surface area contributed by atoms with Crippen molar-refractivity contribution in [3.8, 4) is 0 Å². The predicted octanol–water partition coefficient (Wildman–Crippen LogP) is 2.12. The van der Waals surface area contributed by atoms with Crippen LogP contribution in [0.15, 0.2) is 0 Å². The van der Waals surface area contributed by atoms with Crippen LogP contribution in [0.2, 0.25) is 0 Å². The van der Waals surface area contributed by atoms with Gasteiger partial charge < -0.3 is 9.47 Å². The van der Waals surface area contributed by atoms with E-state index in [0.29, 0.717) is 0 Å². The number of hydrogen-bond donors (Lipinski definition) is 0. The van der Waals surface area contributed by atoms with Crippen LogP contribution in [-0.4, -0.2) is 44.5 Å². The van der Waals surface area contributed by atoms with Crippen molar-refractivity contribution in [2.75, 3.05) is 27.3 Å². The summed E-state index contributed by atoms with van der Waals surface area (Å²) in [5, 5.41) is 0. The minimum atomic E-state index is -0.0715. The quantitative estimate of drug-likeness (QED) is 0.633. The minimum Gasteiger partial charge on any atom is -0.355 e. The van der Waals surface area contributed by atoms with Crippen LogP contribution in [-0.2, 0) is 9.47 Å². The van der Waals surface area contributed by atoms with Crippen LogP contribution >= 0.6 is 0 Å². The molecule has 1 atom stereocenters. The molecule has 0 aromatic rings. The summed E-state index contributed by atoms with van der Waals surface area (Å²) in [5.74, 6) is 0.777. The van der Waals surface area contributed by atoms with Gasteiger partial charge in [-0.1, -0.05) is 13.8 Å². The highest BCUT2D eigenvalue weighted by Gasteiger charge is 2.27. The maximum absolute atomic E-state index is 5.25. The summed E-state index contributed by atoms with van der Waals surface area (Å²) in [5.41, 5.74) is 0. The second-order valence-corrected chi connectivity index (χ2v) is 4.82.